The third-order valence-corrected chi connectivity index (χ3v) is 4.07. The second-order valence-electron chi connectivity index (χ2n) is 5.34. The summed E-state index contributed by atoms with van der Waals surface area (Å²) in [6.45, 7) is 2.12. The molecule has 0 unspecified atom stereocenters. The van der Waals surface area contributed by atoms with Crippen LogP contribution >= 0.6 is 0 Å². The predicted molar refractivity (Wildman–Crippen MR) is 81.4 cm³/mol. The Labute approximate surface area is 127 Å². The van der Waals surface area contributed by atoms with Crippen LogP contribution in [-0.4, -0.2) is 16.1 Å². The summed E-state index contributed by atoms with van der Waals surface area (Å²) in [5.74, 6) is 0.522. The molecule has 4 rings (SSSR count). The molecule has 1 aliphatic rings. The molecule has 1 aromatic carbocycles. The zero-order valence-corrected chi connectivity index (χ0v) is 12.1. The van der Waals surface area contributed by atoms with Crippen molar-refractivity contribution in [3.63, 3.8) is 0 Å². The van der Waals surface area contributed by atoms with Crippen LogP contribution in [0.15, 0.2) is 47.1 Å². The van der Waals surface area contributed by atoms with Gasteiger partial charge in [-0.15, -0.1) is 0 Å². The topological polar surface area (TPSA) is 70.9 Å². The highest BCUT2D eigenvalue weighted by atomic mass is 16.3. The molecule has 1 amide bonds. The molecule has 0 aliphatic carbocycles. The van der Waals surface area contributed by atoms with Crippen LogP contribution in [0.25, 0.3) is 11.5 Å². The van der Waals surface area contributed by atoms with Gasteiger partial charge in [0, 0.05) is 5.56 Å². The smallest absolute Gasteiger partial charge is 0.272 e. The molecule has 3 heterocycles. The molecule has 5 heteroatoms. The van der Waals surface area contributed by atoms with Crippen LogP contribution < -0.4 is 5.32 Å². The number of carbonyl (C=O) groups excluding carboxylic acids is 1. The van der Waals surface area contributed by atoms with Crippen molar-refractivity contribution in [1.82, 2.24) is 15.5 Å². The van der Waals surface area contributed by atoms with Crippen molar-refractivity contribution in [2.75, 3.05) is 0 Å². The lowest BCUT2D eigenvalue weighted by atomic mass is 9.97. The first-order chi connectivity index (χ1) is 10.8. The Morgan fingerprint density at radius 3 is 2.73 bits per heavy atom. The number of benzene rings is 1. The molecular weight excluding hydrogens is 278 g/mol. The van der Waals surface area contributed by atoms with Crippen molar-refractivity contribution in [1.29, 1.82) is 0 Å². The molecule has 1 aliphatic heterocycles. The minimum atomic E-state index is -0.202. The van der Waals surface area contributed by atoms with Crippen LogP contribution in [0.5, 0.6) is 0 Å². The molecule has 1 atom stereocenters. The summed E-state index contributed by atoms with van der Waals surface area (Å²) in [5, 5.41) is 10.1. The molecule has 2 N–H and O–H groups in total. The van der Waals surface area contributed by atoms with Gasteiger partial charge < -0.3 is 9.73 Å². The molecule has 110 valence electrons. The van der Waals surface area contributed by atoms with E-state index in [0.717, 1.165) is 23.2 Å². The number of carbonyl (C=O) groups is 1. The summed E-state index contributed by atoms with van der Waals surface area (Å²) in [7, 11) is 0. The van der Waals surface area contributed by atoms with Gasteiger partial charge in [-0.05, 0) is 29.7 Å². The number of nitrogens with one attached hydrogen (secondary N) is 2. The van der Waals surface area contributed by atoms with Crippen LogP contribution in [0.1, 0.15) is 40.1 Å². The SMILES string of the molecule is CCc1ccc([C@H]2NC(=O)c3n[nH]c(-c4ccco4)c32)cc1. The summed E-state index contributed by atoms with van der Waals surface area (Å²) in [6.07, 6.45) is 2.60. The van der Waals surface area contributed by atoms with E-state index in [2.05, 4.69) is 46.7 Å². The summed E-state index contributed by atoms with van der Waals surface area (Å²) in [5.41, 5.74) is 4.35. The van der Waals surface area contributed by atoms with Crippen molar-refractivity contribution in [3.05, 3.63) is 65.0 Å². The lowest BCUT2D eigenvalue weighted by molar-refractivity contribution is 0.0955. The average Bonchev–Trinajstić information content (AvgIpc) is 3.25. The number of aromatic nitrogens is 2. The fraction of sp³-hybridized carbons (Fsp3) is 0.176. The Morgan fingerprint density at radius 1 is 1.23 bits per heavy atom. The largest absolute Gasteiger partial charge is 0.463 e. The van der Waals surface area contributed by atoms with E-state index < -0.39 is 0 Å². The van der Waals surface area contributed by atoms with Crippen LogP contribution in [0.4, 0.5) is 0 Å². The third kappa shape index (κ3) is 1.86. The minimum Gasteiger partial charge on any atom is -0.463 e. The lowest BCUT2D eigenvalue weighted by Crippen LogP contribution is -2.21. The van der Waals surface area contributed by atoms with Crippen molar-refractivity contribution < 1.29 is 9.21 Å². The Kier molecular flexibility index (Phi) is 2.85. The second kappa shape index (κ2) is 4.87. The molecule has 2 aromatic heterocycles. The summed E-state index contributed by atoms with van der Waals surface area (Å²) < 4.78 is 5.45. The van der Waals surface area contributed by atoms with E-state index in [1.54, 1.807) is 6.26 Å². The number of hydrogen-bond donors (Lipinski definition) is 2. The highest BCUT2D eigenvalue weighted by Gasteiger charge is 2.36. The number of fused-ring (bicyclic) bond motifs is 1. The zero-order valence-electron chi connectivity index (χ0n) is 12.1. The summed E-state index contributed by atoms with van der Waals surface area (Å²) >= 11 is 0. The van der Waals surface area contributed by atoms with Crippen molar-refractivity contribution in [2.24, 2.45) is 0 Å². The van der Waals surface area contributed by atoms with Crippen LogP contribution in [0.3, 0.4) is 0 Å². The fourth-order valence-electron chi connectivity index (χ4n) is 2.88. The maximum Gasteiger partial charge on any atom is 0.272 e. The van der Waals surface area contributed by atoms with Gasteiger partial charge in [0.05, 0.1) is 12.3 Å². The van der Waals surface area contributed by atoms with Crippen LogP contribution in [0.2, 0.25) is 0 Å². The van der Waals surface area contributed by atoms with E-state index in [4.69, 9.17) is 4.42 Å². The van der Waals surface area contributed by atoms with Gasteiger partial charge in [0.15, 0.2) is 11.5 Å². The van der Waals surface area contributed by atoms with Crippen molar-refractivity contribution in [2.45, 2.75) is 19.4 Å². The van der Waals surface area contributed by atoms with Gasteiger partial charge in [-0.25, -0.2) is 0 Å². The molecule has 0 bridgehead atoms. The number of rotatable bonds is 3. The van der Waals surface area contributed by atoms with E-state index in [9.17, 15) is 4.79 Å². The first-order valence-corrected chi connectivity index (χ1v) is 7.29. The minimum absolute atomic E-state index is 0.159. The van der Waals surface area contributed by atoms with E-state index in [-0.39, 0.29) is 11.9 Å². The Balaban J connectivity index is 1.81. The second-order valence-corrected chi connectivity index (χ2v) is 5.34. The lowest BCUT2D eigenvalue weighted by Gasteiger charge is -2.13. The van der Waals surface area contributed by atoms with Gasteiger partial charge in [-0.2, -0.15) is 5.10 Å². The first-order valence-electron chi connectivity index (χ1n) is 7.29. The first kappa shape index (κ1) is 12.9. The molecule has 0 fully saturated rings. The van der Waals surface area contributed by atoms with Gasteiger partial charge in [0.1, 0.15) is 5.69 Å². The highest BCUT2D eigenvalue weighted by Crippen LogP contribution is 2.37. The van der Waals surface area contributed by atoms with Gasteiger partial charge in [-0.1, -0.05) is 31.2 Å². The average molecular weight is 293 g/mol. The maximum absolute atomic E-state index is 12.1. The standard InChI is InChI=1S/C17H15N3O2/c1-2-10-5-7-11(8-6-10)14-13-15(12-4-3-9-22-12)19-20-16(13)17(21)18-14/h3-9,14H,2H2,1H3,(H,18,21)(H,19,20)/t14-/m1/s1. The van der Waals surface area contributed by atoms with Gasteiger partial charge in [0.25, 0.3) is 5.91 Å². The molecule has 0 spiro atoms. The van der Waals surface area contributed by atoms with Crippen LogP contribution in [-0.2, 0) is 6.42 Å². The van der Waals surface area contributed by atoms with Gasteiger partial charge >= 0.3 is 0 Å². The summed E-state index contributed by atoms with van der Waals surface area (Å²) in [4.78, 5) is 12.1. The molecule has 0 radical (unpaired) electrons. The Hall–Kier alpha value is -2.82. The van der Waals surface area contributed by atoms with E-state index in [1.165, 1.54) is 5.56 Å². The number of H-pyrrole nitrogens is 1. The maximum atomic E-state index is 12.1. The van der Waals surface area contributed by atoms with Gasteiger partial charge in [0.2, 0.25) is 0 Å². The molecule has 0 saturated carbocycles. The molecule has 5 nitrogen and oxygen atoms in total. The molecule has 3 aromatic rings. The quantitative estimate of drug-likeness (QED) is 0.779. The van der Waals surface area contributed by atoms with Crippen molar-refractivity contribution in [3.8, 4) is 11.5 Å². The third-order valence-electron chi connectivity index (χ3n) is 4.07. The number of aromatic amines is 1. The number of amides is 1. The molecule has 0 saturated heterocycles. The van der Waals surface area contributed by atoms with E-state index in [1.807, 2.05) is 12.1 Å². The normalized spacial score (nSPS) is 16.6. The van der Waals surface area contributed by atoms with E-state index in [0.29, 0.717) is 11.5 Å². The molecular formula is C17H15N3O2. The van der Waals surface area contributed by atoms with Crippen molar-refractivity contribution >= 4 is 5.91 Å². The number of nitrogens with zero attached hydrogens (tertiary/aromatic N) is 1. The van der Waals surface area contributed by atoms with Gasteiger partial charge in [-0.3, -0.25) is 9.89 Å². The number of furan rings is 1. The Bertz CT molecular complexity index is 816. The van der Waals surface area contributed by atoms with Crippen LogP contribution in [0, 0.1) is 0 Å². The zero-order chi connectivity index (χ0) is 15.1. The number of hydrogen-bond acceptors (Lipinski definition) is 3. The monoisotopic (exact) mass is 293 g/mol. The fourth-order valence-corrected chi connectivity index (χ4v) is 2.88. The Morgan fingerprint density at radius 2 is 2.05 bits per heavy atom. The predicted octanol–water partition coefficient (Wildman–Crippen LogP) is 3.06. The highest BCUT2D eigenvalue weighted by molar-refractivity contribution is 5.99. The molecule has 22 heavy (non-hydrogen) atoms. The van der Waals surface area contributed by atoms with E-state index >= 15 is 0 Å². The number of aryl methyl sites for hydroxylation is 1. The summed E-state index contributed by atoms with van der Waals surface area (Å²) in [6, 6.07) is 11.8.